The van der Waals surface area contributed by atoms with Gasteiger partial charge in [-0.1, -0.05) is 11.6 Å². The van der Waals surface area contributed by atoms with Crippen LogP contribution in [0.1, 0.15) is 21.6 Å². The van der Waals surface area contributed by atoms with E-state index in [0.717, 1.165) is 11.3 Å². The van der Waals surface area contributed by atoms with E-state index in [1.165, 1.54) is 6.20 Å². The lowest BCUT2D eigenvalue weighted by Crippen LogP contribution is -2.01. The third kappa shape index (κ3) is 1.41. The Morgan fingerprint density at radius 2 is 2.17 bits per heavy atom. The minimum atomic E-state index is -1.05. The highest BCUT2D eigenvalue weighted by atomic mass is 35.5. The maximum atomic E-state index is 10.6. The number of aromatic carboxylic acids is 1. The van der Waals surface area contributed by atoms with E-state index in [1.54, 1.807) is 13.8 Å². The highest BCUT2D eigenvalue weighted by molar-refractivity contribution is 6.34. The van der Waals surface area contributed by atoms with Gasteiger partial charge in [-0.3, -0.25) is 4.98 Å². The summed E-state index contributed by atoms with van der Waals surface area (Å²) in [5.41, 5.74) is 1.53. The minimum absolute atomic E-state index is 0.0553. The van der Waals surface area contributed by atoms with Crippen molar-refractivity contribution in [2.24, 2.45) is 0 Å². The van der Waals surface area contributed by atoms with E-state index in [2.05, 4.69) is 4.98 Å². The highest BCUT2D eigenvalue weighted by Crippen LogP contribution is 2.21. The van der Waals surface area contributed by atoms with Gasteiger partial charge in [0.1, 0.15) is 0 Å². The van der Waals surface area contributed by atoms with Crippen LogP contribution in [0.25, 0.3) is 0 Å². The summed E-state index contributed by atoms with van der Waals surface area (Å²) in [5, 5.41) is 8.93. The van der Waals surface area contributed by atoms with E-state index >= 15 is 0 Å². The van der Waals surface area contributed by atoms with Crippen molar-refractivity contribution in [2.45, 2.75) is 13.8 Å². The topological polar surface area (TPSA) is 50.2 Å². The van der Waals surface area contributed by atoms with Gasteiger partial charge in [0, 0.05) is 11.9 Å². The third-order valence-electron chi connectivity index (χ3n) is 1.73. The van der Waals surface area contributed by atoms with Crippen molar-refractivity contribution in [3.05, 3.63) is 28.0 Å². The number of carbonyl (C=O) groups is 1. The van der Waals surface area contributed by atoms with Gasteiger partial charge in [-0.2, -0.15) is 0 Å². The van der Waals surface area contributed by atoms with Crippen LogP contribution < -0.4 is 0 Å². The number of rotatable bonds is 1. The van der Waals surface area contributed by atoms with Crippen molar-refractivity contribution in [3.8, 4) is 0 Å². The Morgan fingerprint density at radius 3 is 2.67 bits per heavy atom. The second kappa shape index (κ2) is 3.11. The molecule has 0 saturated heterocycles. The van der Waals surface area contributed by atoms with E-state index < -0.39 is 5.97 Å². The summed E-state index contributed by atoms with van der Waals surface area (Å²) in [7, 11) is 0. The molecule has 12 heavy (non-hydrogen) atoms. The van der Waals surface area contributed by atoms with Gasteiger partial charge in [0.05, 0.1) is 10.6 Å². The summed E-state index contributed by atoms with van der Waals surface area (Å²) < 4.78 is 0. The molecule has 0 aliphatic rings. The molecule has 0 unspecified atom stereocenters. The van der Waals surface area contributed by atoms with Crippen LogP contribution in [0.2, 0.25) is 5.02 Å². The van der Waals surface area contributed by atoms with Crippen LogP contribution in [0.3, 0.4) is 0 Å². The summed E-state index contributed by atoms with van der Waals surface area (Å²) in [6, 6.07) is 0. The quantitative estimate of drug-likeness (QED) is 0.729. The van der Waals surface area contributed by atoms with Crippen LogP contribution in [-0.4, -0.2) is 16.1 Å². The first-order valence-electron chi connectivity index (χ1n) is 3.39. The summed E-state index contributed by atoms with van der Waals surface area (Å²) in [6.45, 7) is 3.53. The fraction of sp³-hybridized carbons (Fsp3) is 0.250. The average molecular weight is 186 g/mol. The van der Waals surface area contributed by atoms with Gasteiger partial charge in [0.25, 0.3) is 0 Å². The molecule has 0 aromatic carbocycles. The molecule has 3 nitrogen and oxygen atoms in total. The predicted molar refractivity (Wildman–Crippen MR) is 45.7 cm³/mol. The van der Waals surface area contributed by atoms with Crippen LogP contribution in [0.5, 0.6) is 0 Å². The molecule has 64 valence electrons. The van der Waals surface area contributed by atoms with Crippen molar-refractivity contribution >= 4 is 17.6 Å². The largest absolute Gasteiger partial charge is 0.478 e. The molecule has 0 spiro atoms. The Hall–Kier alpha value is -1.09. The SMILES string of the molecule is Cc1ncc(C(=O)O)c(Cl)c1C. The molecule has 1 heterocycles. The number of hydrogen-bond acceptors (Lipinski definition) is 2. The van der Waals surface area contributed by atoms with Crippen molar-refractivity contribution in [2.75, 3.05) is 0 Å². The molecule has 0 saturated carbocycles. The van der Waals surface area contributed by atoms with Gasteiger partial charge in [0.2, 0.25) is 0 Å². The molecule has 0 atom stereocenters. The number of aryl methyl sites for hydroxylation is 1. The molecule has 0 fully saturated rings. The molecule has 1 N–H and O–H groups in total. The third-order valence-corrected chi connectivity index (χ3v) is 2.21. The van der Waals surface area contributed by atoms with Gasteiger partial charge in [-0.05, 0) is 19.4 Å². The van der Waals surface area contributed by atoms with Crippen molar-refractivity contribution < 1.29 is 9.90 Å². The van der Waals surface area contributed by atoms with E-state index in [9.17, 15) is 4.79 Å². The Balaban J connectivity index is 3.36. The molecule has 1 aromatic rings. The maximum Gasteiger partial charge on any atom is 0.338 e. The summed E-state index contributed by atoms with van der Waals surface area (Å²) >= 11 is 5.77. The lowest BCUT2D eigenvalue weighted by molar-refractivity contribution is 0.0696. The van der Waals surface area contributed by atoms with Crippen molar-refractivity contribution in [1.29, 1.82) is 0 Å². The molecule has 0 bridgehead atoms. The lowest BCUT2D eigenvalue weighted by Gasteiger charge is -2.03. The molecular weight excluding hydrogens is 178 g/mol. The molecule has 0 aliphatic carbocycles. The first-order chi connectivity index (χ1) is 5.54. The summed E-state index contributed by atoms with van der Waals surface area (Å²) in [4.78, 5) is 14.5. The van der Waals surface area contributed by atoms with Crippen molar-refractivity contribution in [3.63, 3.8) is 0 Å². The smallest absolute Gasteiger partial charge is 0.338 e. The molecule has 0 aliphatic heterocycles. The fourth-order valence-electron chi connectivity index (χ4n) is 0.825. The molecule has 0 amide bonds. The maximum absolute atomic E-state index is 10.6. The fourth-order valence-corrected chi connectivity index (χ4v) is 1.09. The number of carboxylic acid groups (broad SMARTS) is 1. The Labute approximate surface area is 75.0 Å². The van der Waals surface area contributed by atoms with Gasteiger partial charge >= 0.3 is 5.97 Å². The average Bonchev–Trinajstić information content (AvgIpc) is 2.00. The normalized spacial score (nSPS) is 9.92. The summed E-state index contributed by atoms with van der Waals surface area (Å²) in [5.74, 6) is -1.05. The molecule has 4 heteroatoms. The van der Waals surface area contributed by atoms with Crippen molar-refractivity contribution in [1.82, 2.24) is 4.98 Å². The lowest BCUT2D eigenvalue weighted by atomic mass is 10.1. The van der Waals surface area contributed by atoms with Gasteiger partial charge in [-0.15, -0.1) is 0 Å². The predicted octanol–water partition coefficient (Wildman–Crippen LogP) is 2.05. The van der Waals surface area contributed by atoms with E-state index in [-0.39, 0.29) is 10.6 Å². The Morgan fingerprint density at radius 1 is 1.58 bits per heavy atom. The monoisotopic (exact) mass is 185 g/mol. The summed E-state index contributed by atoms with van der Waals surface area (Å²) in [6.07, 6.45) is 1.27. The number of carboxylic acids is 1. The standard InChI is InChI=1S/C8H8ClNO2/c1-4-5(2)10-3-6(7(4)9)8(11)12/h3H,1-2H3,(H,11,12). The number of pyridine rings is 1. The molecule has 1 rings (SSSR count). The highest BCUT2D eigenvalue weighted by Gasteiger charge is 2.12. The van der Waals surface area contributed by atoms with E-state index in [0.29, 0.717) is 0 Å². The van der Waals surface area contributed by atoms with Gasteiger partial charge in [-0.25, -0.2) is 4.79 Å². The van der Waals surface area contributed by atoms with E-state index in [4.69, 9.17) is 16.7 Å². The first-order valence-corrected chi connectivity index (χ1v) is 3.77. The Kier molecular flexibility index (Phi) is 2.33. The van der Waals surface area contributed by atoms with Gasteiger partial charge < -0.3 is 5.11 Å². The molecule has 0 radical (unpaired) electrons. The second-order valence-electron chi connectivity index (χ2n) is 2.50. The van der Waals surface area contributed by atoms with E-state index in [1.807, 2.05) is 0 Å². The van der Waals surface area contributed by atoms with Gasteiger partial charge in [0.15, 0.2) is 0 Å². The number of hydrogen-bond donors (Lipinski definition) is 1. The van der Waals surface area contributed by atoms with Crippen LogP contribution in [0.4, 0.5) is 0 Å². The molecular formula is C8H8ClNO2. The zero-order valence-corrected chi connectivity index (χ0v) is 7.51. The Bertz CT molecular complexity index is 336. The second-order valence-corrected chi connectivity index (χ2v) is 2.88. The molecule has 1 aromatic heterocycles. The van der Waals surface area contributed by atoms with Crippen LogP contribution in [0, 0.1) is 13.8 Å². The van der Waals surface area contributed by atoms with Crippen LogP contribution >= 0.6 is 11.6 Å². The first kappa shape index (κ1) is 9.00. The number of aromatic nitrogens is 1. The zero-order chi connectivity index (χ0) is 9.30. The van der Waals surface area contributed by atoms with Crippen LogP contribution in [0.15, 0.2) is 6.20 Å². The minimum Gasteiger partial charge on any atom is -0.478 e. The number of halogens is 1. The zero-order valence-electron chi connectivity index (χ0n) is 6.76. The van der Waals surface area contributed by atoms with Crippen LogP contribution in [-0.2, 0) is 0 Å². The number of nitrogens with zero attached hydrogens (tertiary/aromatic N) is 1.